The number of thioether (sulfide) groups is 1. The molecule has 2 aromatic carbocycles. The summed E-state index contributed by atoms with van der Waals surface area (Å²) >= 11 is 1.37. The van der Waals surface area contributed by atoms with E-state index < -0.39 is 41.4 Å². The number of carboxylic acid groups (broad SMARTS) is 1. The van der Waals surface area contributed by atoms with Gasteiger partial charge in [-0.3, -0.25) is 20.1 Å². The summed E-state index contributed by atoms with van der Waals surface area (Å²) in [4.78, 5) is 21.7. The van der Waals surface area contributed by atoms with E-state index in [1.807, 2.05) is 11.9 Å². The van der Waals surface area contributed by atoms with E-state index in [1.165, 1.54) is 30.0 Å². The summed E-state index contributed by atoms with van der Waals surface area (Å²) in [5.74, 6) is -5.27. The summed E-state index contributed by atoms with van der Waals surface area (Å²) in [7, 11) is 1.83. The molecule has 0 radical (unpaired) electrons. The van der Waals surface area contributed by atoms with Crippen LogP contribution in [0, 0.1) is 17.0 Å². The van der Waals surface area contributed by atoms with Gasteiger partial charge in [-0.1, -0.05) is 0 Å². The predicted molar refractivity (Wildman–Crippen MR) is 145 cm³/mol. The second-order valence-corrected chi connectivity index (χ2v) is 9.95. The van der Waals surface area contributed by atoms with Gasteiger partial charge >= 0.3 is 5.97 Å². The molecule has 0 fully saturated rings. The Hall–Kier alpha value is -4.27. The fourth-order valence-electron chi connectivity index (χ4n) is 3.72. The van der Waals surface area contributed by atoms with Crippen LogP contribution in [0.4, 0.5) is 8.78 Å². The zero-order valence-electron chi connectivity index (χ0n) is 21.2. The van der Waals surface area contributed by atoms with Crippen LogP contribution in [0.5, 0.6) is 28.9 Å². The minimum atomic E-state index is -1.26. The molecule has 7 N–H and O–H groups in total. The highest BCUT2D eigenvalue weighted by Gasteiger charge is 2.27. The molecular weight excluding hydrogens is 546 g/mol. The van der Waals surface area contributed by atoms with Crippen LogP contribution >= 0.6 is 11.8 Å². The van der Waals surface area contributed by atoms with Crippen LogP contribution < -0.4 is 20.9 Å². The van der Waals surface area contributed by atoms with Crippen LogP contribution in [0.25, 0.3) is 0 Å². The molecule has 210 valence electrons. The largest absolute Gasteiger partial charge is 0.504 e. The first kappa shape index (κ1) is 28.7. The molecular formula is C26H26F2N6O5S. The minimum Gasteiger partial charge on any atom is -0.504 e. The number of ether oxygens (including phenoxy) is 2. The van der Waals surface area contributed by atoms with Crippen LogP contribution in [-0.2, 0) is 4.79 Å². The fourth-order valence-corrected chi connectivity index (χ4v) is 4.70. The zero-order valence-corrected chi connectivity index (χ0v) is 22.0. The summed E-state index contributed by atoms with van der Waals surface area (Å²) < 4.78 is 41.4. The molecule has 2 heterocycles. The molecule has 0 bridgehead atoms. The van der Waals surface area contributed by atoms with Crippen molar-refractivity contribution in [3.05, 3.63) is 65.4 Å². The maximum atomic E-state index is 15.5. The number of carboxylic acids is 1. The number of nitrogens with two attached hydrogens (primary N) is 2. The number of amidine groups is 1. The number of hydrogen-bond donors (Lipinski definition) is 5. The van der Waals surface area contributed by atoms with E-state index in [9.17, 15) is 14.3 Å². The quantitative estimate of drug-likeness (QED) is 0.129. The van der Waals surface area contributed by atoms with E-state index in [0.29, 0.717) is 17.9 Å². The van der Waals surface area contributed by atoms with E-state index in [0.717, 1.165) is 11.1 Å². The lowest BCUT2D eigenvalue weighted by molar-refractivity contribution is -0.138. The van der Waals surface area contributed by atoms with Crippen molar-refractivity contribution in [2.45, 2.75) is 23.5 Å². The third-order valence-corrected chi connectivity index (χ3v) is 6.92. The molecule has 0 aliphatic carbocycles. The lowest BCUT2D eigenvalue weighted by atomic mass is 10.1. The fraction of sp³-hybridized carbons (Fsp3) is 0.231. The van der Waals surface area contributed by atoms with E-state index in [2.05, 4.69) is 9.98 Å². The summed E-state index contributed by atoms with van der Waals surface area (Å²) in [6, 6.07) is 7.79. The molecule has 2 unspecified atom stereocenters. The first-order chi connectivity index (χ1) is 19.0. The highest BCUT2D eigenvalue weighted by Crippen LogP contribution is 2.41. The van der Waals surface area contributed by atoms with Crippen molar-refractivity contribution < 1.29 is 33.3 Å². The Morgan fingerprint density at radius 2 is 2.02 bits per heavy atom. The van der Waals surface area contributed by atoms with Gasteiger partial charge in [0, 0.05) is 34.5 Å². The van der Waals surface area contributed by atoms with Crippen LogP contribution in [-0.4, -0.2) is 63.5 Å². The average molecular weight is 573 g/mol. The standard InChI is InChI=1S/C26H26F2N6O5S/c1-34-8-7-32-24(34)15-11-14(40-9-6-17(29)26(36)37)3-5-19(15)38-22-16(27)12-33-25(21(22)28)39-20-10-13(23(30)31)2-4-18(20)35/h2-5,7,10-12,17,24,35H,6,8-9,29H2,1H3,(H3,30,31)(H,36,37). The minimum absolute atomic E-state index is 0.124. The molecule has 1 aliphatic rings. The Labute approximate surface area is 231 Å². The Kier molecular flexibility index (Phi) is 8.82. The van der Waals surface area contributed by atoms with Crippen molar-refractivity contribution in [2.75, 3.05) is 19.3 Å². The third kappa shape index (κ3) is 6.47. The topological polar surface area (TPSA) is 180 Å². The van der Waals surface area contributed by atoms with Gasteiger partial charge in [-0.25, -0.2) is 9.37 Å². The summed E-state index contributed by atoms with van der Waals surface area (Å²) in [5.41, 5.74) is 11.8. The Bertz CT molecular complexity index is 1470. The molecule has 1 aliphatic heterocycles. The van der Waals surface area contributed by atoms with Gasteiger partial charge in [-0.05, 0) is 49.9 Å². The molecule has 2 atom stereocenters. The van der Waals surface area contributed by atoms with Crippen molar-refractivity contribution in [1.82, 2.24) is 9.88 Å². The second kappa shape index (κ2) is 12.3. The van der Waals surface area contributed by atoms with Gasteiger partial charge in [0.2, 0.25) is 11.6 Å². The Morgan fingerprint density at radius 3 is 2.70 bits per heavy atom. The summed E-state index contributed by atoms with van der Waals surface area (Å²) in [6.07, 6.45) is 2.18. The monoisotopic (exact) mass is 572 g/mol. The van der Waals surface area contributed by atoms with E-state index in [1.54, 1.807) is 24.4 Å². The van der Waals surface area contributed by atoms with Gasteiger partial charge in [0.1, 0.15) is 23.8 Å². The predicted octanol–water partition coefficient (Wildman–Crippen LogP) is 3.84. The number of nitrogens with one attached hydrogen (secondary N) is 1. The van der Waals surface area contributed by atoms with Gasteiger partial charge < -0.3 is 31.2 Å². The Balaban J connectivity index is 1.64. The Morgan fingerprint density at radius 1 is 1.25 bits per heavy atom. The van der Waals surface area contributed by atoms with E-state index >= 15 is 4.39 Å². The van der Waals surface area contributed by atoms with Crippen LogP contribution in [0.3, 0.4) is 0 Å². The number of phenols is 1. The number of pyridine rings is 1. The number of nitrogens with zero attached hydrogens (tertiary/aromatic N) is 3. The molecule has 0 spiro atoms. The molecule has 11 nitrogen and oxygen atoms in total. The zero-order chi connectivity index (χ0) is 29.0. The number of nitrogen functional groups attached to an aromatic ring is 1. The summed E-state index contributed by atoms with van der Waals surface area (Å²) in [6.45, 7) is 0.549. The van der Waals surface area contributed by atoms with Crippen molar-refractivity contribution in [1.29, 1.82) is 5.41 Å². The number of halogens is 2. The maximum absolute atomic E-state index is 15.5. The first-order valence-corrected chi connectivity index (χ1v) is 12.9. The van der Waals surface area contributed by atoms with Gasteiger partial charge in [-0.15, -0.1) is 11.8 Å². The molecule has 0 saturated heterocycles. The van der Waals surface area contributed by atoms with Crippen molar-refractivity contribution >= 4 is 29.8 Å². The number of carbonyl (C=O) groups is 1. The molecule has 14 heteroatoms. The van der Waals surface area contributed by atoms with Crippen molar-refractivity contribution in [3.8, 4) is 28.9 Å². The number of aromatic nitrogens is 1. The van der Waals surface area contributed by atoms with E-state index in [-0.39, 0.29) is 35.1 Å². The molecule has 40 heavy (non-hydrogen) atoms. The SMILES string of the molecule is CN1CC=NC1c1cc(SCCC(N)C(=O)O)ccc1Oc1c(F)cnc(Oc2cc(C(=N)N)ccc2O)c1F. The maximum Gasteiger partial charge on any atom is 0.320 e. The van der Waals surface area contributed by atoms with Crippen LogP contribution in [0.1, 0.15) is 23.7 Å². The highest BCUT2D eigenvalue weighted by molar-refractivity contribution is 7.99. The van der Waals surface area contributed by atoms with Gasteiger partial charge in [0.05, 0.1) is 6.20 Å². The smallest absolute Gasteiger partial charge is 0.320 e. The molecule has 1 aromatic heterocycles. The van der Waals surface area contributed by atoms with Gasteiger partial charge in [0.25, 0.3) is 5.88 Å². The number of rotatable bonds is 11. The molecule has 3 aromatic rings. The molecule has 0 saturated carbocycles. The highest BCUT2D eigenvalue weighted by atomic mass is 32.2. The van der Waals surface area contributed by atoms with Gasteiger partial charge in [-0.2, -0.15) is 4.39 Å². The number of phenolic OH excluding ortho intramolecular Hbond substituents is 1. The number of hydrogen-bond acceptors (Lipinski definition) is 10. The molecule has 0 amide bonds. The van der Waals surface area contributed by atoms with Crippen LogP contribution in [0.15, 0.2) is 52.5 Å². The first-order valence-electron chi connectivity index (χ1n) is 11.9. The van der Waals surface area contributed by atoms with Crippen molar-refractivity contribution in [3.63, 3.8) is 0 Å². The number of aromatic hydroxyl groups is 1. The average Bonchev–Trinajstić information content (AvgIpc) is 3.35. The lowest BCUT2D eigenvalue weighted by Crippen LogP contribution is -2.30. The normalized spacial score (nSPS) is 15.7. The van der Waals surface area contributed by atoms with E-state index in [4.69, 9.17) is 31.5 Å². The molecule has 4 rings (SSSR count). The lowest BCUT2D eigenvalue weighted by Gasteiger charge is -2.22. The summed E-state index contributed by atoms with van der Waals surface area (Å²) in [5, 5.41) is 26.6. The van der Waals surface area contributed by atoms with Gasteiger partial charge in [0.15, 0.2) is 17.3 Å². The third-order valence-electron chi connectivity index (χ3n) is 5.90. The van der Waals surface area contributed by atoms with Crippen molar-refractivity contribution in [2.24, 2.45) is 16.5 Å². The number of benzene rings is 2. The number of aliphatic carboxylic acids is 1. The van der Waals surface area contributed by atoms with Crippen LogP contribution in [0.2, 0.25) is 0 Å². The number of aliphatic imine (C=N–C) groups is 1. The second-order valence-electron chi connectivity index (χ2n) is 8.78.